The van der Waals surface area contributed by atoms with Crippen molar-refractivity contribution in [3.8, 4) is 17.3 Å². The van der Waals surface area contributed by atoms with Gasteiger partial charge in [0.1, 0.15) is 17.7 Å². The number of nitrogens with zero attached hydrogens (tertiary/aromatic N) is 5. The van der Waals surface area contributed by atoms with Gasteiger partial charge in [0.25, 0.3) is 0 Å². The molecule has 8 heteroatoms. The Labute approximate surface area is 211 Å². The van der Waals surface area contributed by atoms with Crippen LogP contribution in [0.4, 0.5) is 11.5 Å². The van der Waals surface area contributed by atoms with E-state index in [4.69, 9.17) is 14.5 Å². The molecule has 4 aromatic rings. The minimum atomic E-state index is -0.126. The third kappa shape index (κ3) is 5.23. The summed E-state index contributed by atoms with van der Waals surface area (Å²) >= 11 is 0. The third-order valence-electron chi connectivity index (χ3n) is 6.15. The molecule has 0 amide bonds. The number of fused-ring (bicyclic) bond motifs is 1. The lowest BCUT2D eigenvalue weighted by Crippen LogP contribution is -2.29. The van der Waals surface area contributed by atoms with Crippen LogP contribution in [0, 0.1) is 6.92 Å². The molecular formula is C28H30N6O2. The molecule has 0 fully saturated rings. The first kappa shape index (κ1) is 23.6. The number of anilines is 2. The highest BCUT2D eigenvalue weighted by molar-refractivity contribution is 5.64. The van der Waals surface area contributed by atoms with Crippen molar-refractivity contribution < 1.29 is 9.47 Å². The number of aromatic nitrogens is 3. The third-order valence-corrected chi connectivity index (χ3v) is 6.15. The largest absolute Gasteiger partial charge is 0.494 e. The summed E-state index contributed by atoms with van der Waals surface area (Å²) in [5, 5.41) is 3.40. The fraction of sp³-hybridized carbons (Fsp3) is 0.250. The predicted octanol–water partition coefficient (Wildman–Crippen LogP) is 4.96. The fourth-order valence-corrected chi connectivity index (χ4v) is 4.32. The Morgan fingerprint density at radius 1 is 1.17 bits per heavy atom. The molecule has 1 unspecified atom stereocenters. The number of imidazole rings is 1. The summed E-state index contributed by atoms with van der Waals surface area (Å²) in [6, 6.07) is 20.3. The van der Waals surface area contributed by atoms with Crippen LogP contribution < -0.4 is 14.8 Å². The molecule has 1 aliphatic rings. The minimum Gasteiger partial charge on any atom is -0.494 e. The van der Waals surface area contributed by atoms with Gasteiger partial charge >= 0.3 is 0 Å². The van der Waals surface area contributed by atoms with Crippen molar-refractivity contribution in [2.75, 3.05) is 32.6 Å². The highest BCUT2D eigenvalue weighted by Gasteiger charge is 2.25. The molecule has 8 nitrogen and oxygen atoms in total. The van der Waals surface area contributed by atoms with Crippen molar-refractivity contribution in [1.29, 1.82) is 0 Å². The zero-order valence-electron chi connectivity index (χ0n) is 20.8. The number of hydrogen-bond acceptors (Lipinski definition) is 7. The summed E-state index contributed by atoms with van der Waals surface area (Å²) in [7, 11) is 3.47. The first-order valence-electron chi connectivity index (χ1n) is 11.9. The lowest BCUT2D eigenvalue weighted by molar-refractivity contribution is 0.155. The Bertz CT molecular complexity index is 1350. The van der Waals surface area contributed by atoms with E-state index in [0.29, 0.717) is 11.7 Å². The standard InChI is InChI=1S/C28H30N6O2/c1-20-16-34(19-30-20)24-11-10-23(15-25(24)35-3)31-27-12-9-22-17-33(14-13-29-2)18-26(36-28(22)32-27)21-7-5-4-6-8-21/h4-13,15-16,19,26H,14,17-18H2,1-3H3,(H,31,32). The van der Waals surface area contributed by atoms with Crippen LogP contribution in [-0.4, -0.2) is 52.9 Å². The normalized spacial score (nSPS) is 15.8. The summed E-state index contributed by atoms with van der Waals surface area (Å²) in [6.45, 7) is 4.21. The molecule has 2 aromatic heterocycles. The Morgan fingerprint density at radius 2 is 2.03 bits per heavy atom. The van der Waals surface area contributed by atoms with Crippen molar-refractivity contribution in [2.45, 2.75) is 19.6 Å². The number of hydrogen-bond donors (Lipinski definition) is 1. The van der Waals surface area contributed by atoms with Crippen LogP contribution in [-0.2, 0) is 6.54 Å². The average Bonchev–Trinajstić information content (AvgIpc) is 3.25. The molecule has 36 heavy (non-hydrogen) atoms. The molecule has 0 saturated carbocycles. The molecule has 0 saturated heterocycles. The maximum Gasteiger partial charge on any atom is 0.220 e. The van der Waals surface area contributed by atoms with E-state index in [0.717, 1.165) is 53.6 Å². The van der Waals surface area contributed by atoms with Crippen LogP contribution in [0.5, 0.6) is 11.6 Å². The SMILES string of the molecule is CN=CCN1Cc2ccc(Nc3ccc(-n4cnc(C)c4)c(OC)c3)nc2OC(c2ccccc2)C1. The second-order valence-electron chi connectivity index (χ2n) is 8.75. The van der Waals surface area contributed by atoms with E-state index < -0.39 is 0 Å². The van der Waals surface area contributed by atoms with Crippen molar-refractivity contribution in [3.05, 3.63) is 90.0 Å². The highest BCUT2D eigenvalue weighted by atomic mass is 16.5. The highest BCUT2D eigenvalue weighted by Crippen LogP contribution is 2.33. The average molecular weight is 483 g/mol. The number of nitrogens with one attached hydrogen (secondary N) is 1. The number of pyridine rings is 1. The van der Waals surface area contributed by atoms with Gasteiger partial charge in [-0.15, -0.1) is 0 Å². The molecule has 1 N–H and O–H groups in total. The van der Waals surface area contributed by atoms with E-state index in [-0.39, 0.29) is 6.10 Å². The van der Waals surface area contributed by atoms with Gasteiger partial charge in [-0.25, -0.2) is 4.98 Å². The first-order chi connectivity index (χ1) is 17.6. The molecule has 2 aromatic carbocycles. The van der Waals surface area contributed by atoms with E-state index in [1.807, 2.05) is 66.4 Å². The van der Waals surface area contributed by atoms with Gasteiger partial charge in [-0.3, -0.25) is 9.89 Å². The smallest absolute Gasteiger partial charge is 0.220 e. The monoisotopic (exact) mass is 482 g/mol. The van der Waals surface area contributed by atoms with Crippen molar-refractivity contribution in [1.82, 2.24) is 19.4 Å². The maximum absolute atomic E-state index is 6.48. The molecule has 0 radical (unpaired) electrons. The topological polar surface area (TPSA) is 76.8 Å². The Hall–Kier alpha value is -4.17. The lowest BCUT2D eigenvalue weighted by atomic mass is 10.1. The van der Waals surface area contributed by atoms with Crippen LogP contribution in [0.3, 0.4) is 0 Å². The van der Waals surface area contributed by atoms with Crippen LogP contribution >= 0.6 is 0 Å². The number of aliphatic imine (C=N–C) groups is 1. The summed E-state index contributed by atoms with van der Waals surface area (Å²) < 4.78 is 14.1. The number of benzene rings is 2. The van der Waals surface area contributed by atoms with Gasteiger partial charge in [-0.05, 0) is 36.8 Å². The predicted molar refractivity (Wildman–Crippen MR) is 142 cm³/mol. The van der Waals surface area contributed by atoms with Crippen LogP contribution in [0.15, 0.2) is 78.2 Å². The van der Waals surface area contributed by atoms with Gasteiger partial charge in [0, 0.05) is 56.4 Å². The molecular weight excluding hydrogens is 452 g/mol. The molecule has 0 bridgehead atoms. The van der Waals surface area contributed by atoms with Crippen LogP contribution in [0.1, 0.15) is 22.9 Å². The van der Waals surface area contributed by atoms with Crippen molar-refractivity contribution in [3.63, 3.8) is 0 Å². The summed E-state index contributed by atoms with van der Waals surface area (Å²) in [4.78, 5) is 15.7. The molecule has 5 rings (SSSR count). The minimum absolute atomic E-state index is 0.126. The number of rotatable bonds is 7. The van der Waals surface area contributed by atoms with Crippen LogP contribution in [0.2, 0.25) is 0 Å². The fourth-order valence-electron chi connectivity index (χ4n) is 4.32. The van der Waals surface area contributed by atoms with E-state index >= 15 is 0 Å². The molecule has 0 aliphatic carbocycles. The van der Waals surface area contributed by atoms with E-state index in [1.54, 1.807) is 20.5 Å². The van der Waals surface area contributed by atoms with Crippen molar-refractivity contribution >= 4 is 17.7 Å². The lowest BCUT2D eigenvalue weighted by Gasteiger charge is -2.22. The maximum atomic E-state index is 6.48. The number of methoxy groups -OCH3 is 1. The first-order valence-corrected chi connectivity index (χ1v) is 11.9. The Morgan fingerprint density at radius 3 is 2.78 bits per heavy atom. The van der Waals surface area contributed by atoms with Gasteiger partial charge in [-0.1, -0.05) is 30.3 Å². The summed E-state index contributed by atoms with van der Waals surface area (Å²) in [5.41, 5.74) is 4.91. The molecule has 1 aliphatic heterocycles. The number of ether oxygens (including phenoxy) is 2. The summed E-state index contributed by atoms with van der Waals surface area (Å²) in [5.74, 6) is 2.08. The Kier molecular flexibility index (Phi) is 6.95. The van der Waals surface area contributed by atoms with Crippen molar-refractivity contribution in [2.24, 2.45) is 4.99 Å². The van der Waals surface area contributed by atoms with Gasteiger partial charge in [0.15, 0.2) is 0 Å². The van der Waals surface area contributed by atoms with Gasteiger partial charge < -0.3 is 19.4 Å². The molecule has 3 heterocycles. The Balaban J connectivity index is 1.41. The zero-order chi connectivity index (χ0) is 24.9. The molecule has 1 atom stereocenters. The second-order valence-corrected chi connectivity index (χ2v) is 8.75. The summed E-state index contributed by atoms with van der Waals surface area (Å²) in [6.07, 6.45) is 5.55. The number of aryl methyl sites for hydroxylation is 1. The van der Waals surface area contributed by atoms with Crippen LogP contribution in [0.25, 0.3) is 5.69 Å². The zero-order valence-corrected chi connectivity index (χ0v) is 20.8. The second kappa shape index (κ2) is 10.6. The van der Waals surface area contributed by atoms with Gasteiger partial charge in [0.2, 0.25) is 5.88 Å². The van der Waals surface area contributed by atoms with E-state index in [1.165, 1.54) is 0 Å². The van der Waals surface area contributed by atoms with Gasteiger partial charge in [0.05, 0.1) is 24.8 Å². The van der Waals surface area contributed by atoms with E-state index in [9.17, 15) is 0 Å². The van der Waals surface area contributed by atoms with E-state index in [2.05, 4.69) is 38.4 Å². The quantitative estimate of drug-likeness (QED) is 0.375. The molecule has 0 spiro atoms. The molecule has 184 valence electrons. The van der Waals surface area contributed by atoms with Gasteiger partial charge in [-0.2, -0.15) is 4.98 Å².